The van der Waals surface area contributed by atoms with Crippen LogP contribution >= 0.6 is 0 Å². The van der Waals surface area contributed by atoms with Crippen molar-refractivity contribution in [3.63, 3.8) is 0 Å². The van der Waals surface area contributed by atoms with E-state index in [1.54, 1.807) is 6.92 Å². The number of imide groups is 1. The van der Waals surface area contributed by atoms with Gasteiger partial charge in [-0.25, -0.2) is 9.69 Å². The predicted octanol–water partition coefficient (Wildman–Crippen LogP) is 1.80. The Morgan fingerprint density at radius 1 is 1.31 bits per heavy atom. The molecule has 1 saturated heterocycles. The highest BCUT2D eigenvalue weighted by molar-refractivity contribution is 6.07. The summed E-state index contributed by atoms with van der Waals surface area (Å²) in [6.45, 7) is 4.62. The normalized spacial score (nSPS) is 19.8. The Bertz CT molecular complexity index is 734. The molecule has 6 nitrogen and oxygen atoms in total. The van der Waals surface area contributed by atoms with Crippen LogP contribution in [0.2, 0.25) is 0 Å². The van der Waals surface area contributed by atoms with Gasteiger partial charge < -0.3 is 9.84 Å². The first-order valence-electron chi connectivity index (χ1n) is 8.54. The van der Waals surface area contributed by atoms with Gasteiger partial charge in [0.05, 0.1) is 17.9 Å². The minimum atomic E-state index is -1.15. The van der Waals surface area contributed by atoms with Crippen molar-refractivity contribution < 1.29 is 24.2 Å². The Morgan fingerprint density at radius 2 is 1.96 bits per heavy atom. The summed E-state index contributed by atoms with van der Waals surface area (Å²) in [5.74, 6) is 2.10. The largest absolute Gasteiger partial charge is 0.447 e. The number of ether oxygens (including phenoxy) is 1. The Balaban J connectivity index is 2.12. The molecule has 1 N–H and O–H groups in total. The lowest BCUT2D eigenvalue weighted by Crippen LogP contribution is -2.46. The van der Waals surface area contributed by atoms with Gasteiger partial charge in [0.25, 0.3) is 0 Å². The summed E-state index contributed by atoms with van der Waals surface area (Å²) in [6, 6.07) is 8.99. The fourth-order valence-electron chi connectivity index (χ4n) is 2.92. The number of aliphatic hydroxyl groups excluding tert-OH is 1. The lowest BCUT2D eigenvalue weighted by Gasteiger charge is -2.24. The first-order chi connectivity index (χ1) is 12.4. The summed E-state index contributed by atoms with van der Waals surface area (Å²) in [5, 5.41) is 9.87. The van der Waals surface area contributed by atoms with Crippen LogP contribution in [-0.2, 0) is 20.7 Å². The maximum atomic E-state index is 12.8. The zero-order valence-corrected chi connectivity index (χ0v) is 15.1. The van der Waals surface area contributed by atoms with Crippen molar-refractivity contribution in [1.82, 2.24) is 4.90 Å². The number of hydrogen-bond acceptors (Lipinski definition) is 5. The quantitative estimate of drug-likeness (QED) is 0.620. The lowest BCUT2D eigenvalue weighted by molar-refractivity contribution is -0.141. The maximum Gasteiger partial charge on any atom is 0.417 e. The minimum Gasteiger partial charge on any atom is -0.447 e. The van der Waals surface area contributed by atoms with Crippen molar-refractivity contribution in [2.75, 3.05) is 6.61 Å². The number of nitrogens with zero attached hydrogens (tertiary/aromatic N) is 1. The molecule has 2 rings (SSSR count). The molecule has 0 bridgehead atoms. The highest BCUT2D eigenvalue weighted by Gasteiger charge is 2.42. The molecule has 138 valence electrons. The second-order valence-corrected chi connectivity index (χ2v) is 6.38. The van der Waals surface area contributed by atoms with Gasteiger partial charge in [-0.2, -0.15) is 0 Å². The van der Waals surface area contributed by atoms with E-state index >= 15 is 0 Å². The van der Waals surface area contributed by atoms with Crippen molar-refractivity contribution in [3.05, 3.63) is 35.9 Å². The molecule has 0 aliphatic carbocycles. The van der Waals surface area contributed by atoms with Gasteiger partial charge in [-0.3, -0.25) is 9.59 Å². The number of hydrogen-bond donors (Lipinski definition) is 1. The van der Waals surface area contributed by atoms with E-state index in [0.717, 1.165) is 10.5 Å². The van der Waals surface area contributed by atoms with Crippen LogP contribution in [0.4, 0.5) is 4.79 Å². The Labute approximate surface area is 153 Å². The summed E-state index contributed by atoms with van der Waals surface area (Å²) >= 11 is 0. The minimum absolute atomic E-state index is 0.0971. The Morgan fingerprint density at radius 3 is 2.58 bits per heavy atom. The number of carbonyl (C=O) groups excluding carboxylic acids is 3. The van der Waals surface area contributed by atoms with Gasteiger partial charge in [0.1, 0.15) is 12.7 Å². The number of carbonyl (C=O) groups is 3. The summed E-state index contributed by atoms with van der Waals surface area (Å²) < 4.78 is 5.03. The maximum absolute atomic E-state index is 12.8. The fourth-order valence-corrected chi connectivity index (χ4v) is 2.92. The molecule has 6 heteroatoms. The molecular weight excluding hydrogens is 334 g/mol. The molecule has 1 aromatic carbocycles. The van der Waals surface area contributed by atoms with Crippen LogP contribution in [-0.4, -0.2) is 46.5 Å². The summed E-state index contributed by atoms with van der Waals surface area (Å²) in [5.41, 5.74) is 0.967. The molecule has 1 aliphatic heterocycles. The number of benzene rings is 1. The first-order valence-corrected chi connectivity index (χ1v) is 8.54. The van der Waals surface area contributed by atoms with Crippen LogP contribution in [0.15, 0.2) is 30.3 Å². The number of amides is 2. The highest BCUT2D eigenvalue weighted by atomic mass is 16.6. The van der Waals surface area contributed by atoms with Crippen LogP contribution < -0.4 is 0 Å². The topological polar surface area (TPSA) is 83.9 Å². The molecular formula is C20H23NO5. The monoisotopic (exact) mass is 357 g/mol. The standard InChI is InChI=1S/C20H23NO5/c1-4-8-17(22)13(2)18(23)14(3)19(24)21-16(12-26-20(21)25)11-15-9-6-5-7-10-15/h5-7,9-10,13-14,16-17,22H,11-12H2,1-3H3/t13-,14+,16+,17+/m1/s1. The zero-order valence-electron chi connectivity index (χ0n) is 15.1. The molecule has 0 spiro atoms. The van der Waals surface area contributed by atoms with Gasteiger partial charge >= 0.3 is 6.09 Å². The van der Waals surface area contributed by atoms with Crippen molar-refractivity contribution in [2.45, 2.75) is 39.3 Å². The SMILES string of the molecule is CC#C[C@H](O)[C@@H](C)C(=O)[C@H](C)C(=O)N1C(=O)OC[C@@H]1Cc1ccccc1. The second-order valence-electron chi connectivity index (χ2n) is 6.38. The van der Waals surface area contributed by atoms with E-state index in [0.29, 0.717) is 6.42 Å². The molecule has 1 fully saturated rings. The molecule has 4 atom stereocenters. The number of cyclic esters (lactones) is 1. The number of ketones is 1. The second kappa shape index (κ2) is 8.63. The van der Waals surface area contributed by atoms with Crippen molar-refractivity contribution >= 4 is 17.8 Å². The third kappa shape index (κ3) is 4.30. The summed E-state index contributed by atoms with van der Waals surface area (Å²) in [6.07, 6.45) is -1.43. The highest BCUT2D eigenvalue weighted by Crippen LogP contribution is 2.22. The summed E-state index contributed by atoms with van der Waals surface area (Å²) in [7, 11) is 0. The zero-order chi connectivity index (χ0) is 19.3. The average molecular weight is 357 g/mol. The van der Waals surface area contributed by atoms with Crippen LogP contribution in [0.25, 0.3) is 0 Å². The summed E-state index contributed by atoms with van der Waals surface area (Å²) in [4.78, 5) is 38.3. The molecule has 1 aromatic rings. The lowest BCUT2D eigenvalue weighted by atomic mass is 9.90. The van der Waals surface area contributed by atoms with E-state index in [9.17, 15) is 19.5 Å². The molecule has 1 heterocycles. The van der Waals surface area contributed by atoms with Crippen LogP contribution in [0.5, 0.6) is 0 Å². The number of aliphatic hydroxyl groups is 1. The number of rotatable bonds is 6. The molecule has 2 amide bonds. The van der Waals surface area contributed by atoms with Crippen molar-refractivity contribution in [3.8, 4) is 11.8 Å². The molecule has 1 aliphatic rings. The smallest absolute Gasteiger partial charge is 0.417 e. The first kappa shape index (κ1) is 19.7. The van der Waals surface area contributed by atoms with Gasteiger partial charge in [0, 0.05) is 0 Å². The van der Waals surface area contributed by atoms with Gasteiger partial charge in [0.2, 0.25) is 5.91 Å². The molecule has 0 unspecified atom stereocenters. The van der Waals surface area contributed by atoms with Crippen molar-refractivity contribution in [2.24, 2.45) is 11.8 Å². The Kier molecular flexibility index (Phi) is 6.53. The van der Waals surface area contributed by atoms with Crippen LogP contribution in [0.1, 0.15) is 26.3 Å². The van der Waals surface area contributed by atoms with E-state index < -0.39 is 41.8 Å². The predicted molar refractivity (Wildman–Crippen MR) is 94.9 cm³/mol. The van der Waals surface area contributed by atoms with Crippen LogP contribution in [0, 0.1) is 23.7 Å². The average Bonchev–Trinajstić information content (AvgIpc) is 3.00. The fraction of sp³-hybridized carbons (Fsp3) is 0.450. The van der Waals surface area contributed by atoms with Gasteiger partial charge in [-0.15, -0.1) is 5.92 Å². The van der Waals surface area contributed by atoms with E-state index in [1.807, 2.05) is 30.3 Å². The van der Waals surface area contributed by atoms with E-state index in [2.05, 4.69) is 11.8 Å². The number of Topliss-reactive ketones (excluding diaryl/α,β-unsaturated/α-hetero) is 1. The van der Waals surface area contributed by atoms with E-state index in [-0.39, 0.29) is 6.61 Å². The molecule has 0 radical (unpaired) electrons. The van der Waals surface area contributed by atoms with E-state index in [4.69, 9.17) is 4.74 Å². The van der Waals surface area contributed by atoms with E-state index in [1.165, 1.54) is 13.8 Å². The Hall–Kier alpha value is -2.65. The molecule has 0 aromatic heterocycles. The van der Waals surface area contributed by atoms with Gasteiger partial charge in [-0.05, 0) is 25.8 Å². The van der Waals surface area contributed by atoms with Gasteiger partial charge in [-0.1, -0.05) is 43.2 Å². The third-order valence-corrected chi connectivity index (χ3v) is 4.52. The van der Waals surface area contributed by atoms with Crippen LogP contribution in [0.3, 0.4) is 0 Å². The van der Waals surface area contributed by atoms with Gasteiger partial charge in [0.15, 0.2) is 5.78 Å². The molecule has 0 saturated carbocycles. The van der Waals surface area contributed by atoms with Crippen molar-refractivity contribution in [1.29, 1.82) is 0 Å². The molecule has 26 heavy (non-hydrogen) atoms. The third-order valence-electron chi connectivity index (χ3n) is 4.52.